The Labute approximate surface area is 245 Å². The maximum absolute atomic E-state index is 9.32. The van der Waals surface area contributed by atoms with Gasteiger partial charge in [0.15, 0.2) is 0 Å². The first-order valence-electron chi connectivity index (χ1n) is 13.1. The topological polar surface area (TPSA) is 204 Å². The summed E-state index contributed by atoms with van der Waals surface area (Å²) in [6.45, 7) is 4.33. The van der Waals surface area contributed by atoms with E-state index in [1.807, 2.05) is 0 Å². The largest absolute Gasteiger partial charge is 0.553 e. The second-order valence-corrected chi connectivity index (χ2v) is 8.11. The molecule has 0 aliphatic heterocycles. The molecule has 0 aromatic heterocycles. The average molecular weight is 1140 g/mol. The molecule has 0 aromatic rings. The van der Waals surface area contributed by atoms with Crippen molar-refractivity contribution in [2.45, 2.75) is 37.3 Å². The molecule has 0 rings (SSSR count). The monoisotopic (exact) mass is 1140 g/mol. The molecule has 0 amide bonds. The molecule has 0 saturated carbocycles. The molecule has 4 atom stereocenters. The molecule has 4 unspecified atom stereocenters. The van der Waals surface area contributed by atoms with Crippen LogP contribution in [0, 0.1) is 28.4 Å². The van der Waals surface area contributed by atoms with E-state index in [9.17, 15) is 10.2 Å². The predicted octanol–water partition coefficient (Wildman–Crippen LogP) is -1.52. The fourth-order valence-corrected chi connectivity index (χ4v) is 2.36. The fraction of sp³-hybridized carbons (Fsp3) is 0.846. The Morgan fingerprint density at radius 2 is 0.651 bits per heavy atom. The maximum atomic E-state index is 9.32. The zero-order valence-corrected chi connectivity index (χ0v) is 38.4. The summed E-state index contributed by atoms with van der Waals surface area (Å²) in [6, 6.07) is 0. The number of ether oxygens (including phenoxy) is 9. The Balaban J connectivity index is -0.000000184. The van der Waals surface area contributed by atoms with E-state index in [0.717, 1.165) is 0 Å². The van der Waals surface area contributed by atoms with Crippen LogP contribution >= 0.6 is 0 Å². The van der Waals surface area contributed by atoms with E-state index in [1.54, 1.807) is 0 Å². The molecule has 0 aliphatic carbocycles. The van der Waals surface area contributed by atoms with Crippen molar-refractivity contribution in [2.75, 3.05) is 106 Å². The molecule has 17 heteroatoms. The molecule has 0 bridgehead atoms. The van der Waals surface area contributed by atoms with E-state index in [4.69, 9.17) is 44.1 Å². The van der Waals surface area contributed by atoms with Gasteiger partial charge in [-0.1, -0.05) is 0 Å². The van der Waals surface area contributed by atoms with Gasteiger partial charge < -0.3 is 73.3 Å². The molecule has 0 aromatic carbocycles. The molecular weight excluding hydrogens is 1090 g/mol. The van der Waals surface area contributed by atoms with Crippen LogP contribution in [0.25, 0.3) is 0 Å². The minimum atomic E-state index is -0.649. The van der Waals surface area contributed by atoms with Crippen LogP contribution in [-0.2, 0) is 42.6 Å². The summed E-state index contributed by atoms with van der Waals surface area (Å²) in [4.78, 5) is 0. The first kappa shape index (κ1) is 50.0. The van der Waals surface area contributed by atoms with Crippen LogP contribution in [0.5, 0.6) is 0 Å². The standard InChI is InChI=1S/C14H28O7.2C6H13O4.2Rf/c1-17-11-13(15)3-5-19-7-9-21-10-8-20-6-4-14(16)12-18-2;2*1-9-4-6(8)5-10-3-2-7;;/h13-16H,1-12H2;2*6-8H,1-5H2;;/q-2;2*-1;;. The van der Waals surface area contributed by atoms with E-state index in [-0.39, 0.29) is 66.1 Å². The average Bonchev–Trinajstić information content (AvgIpc) is 2.93. The Bertz CT molecular complexity index is 425. The van der Waals surface area contributed by atoms with Crippen LogP contribution in [0.1, 0.15) is 12.8 Å². The van der Waals surface area contributed by atoms with Crippen molar-refractivity contribution in [3.8, 4) is 0 Å². The van der Waals surface area contributed by atoms with Crippen LogP contribution in [0.15, 0.2) is 0 Å². The van der Waals surface area contributed by atoms with E-state index < -0.39 is 24.4 Å². The van der Waals surface area contributed by atoms with Crippen molar-refractivity contribution in [3.05, 3.63) is 28.4 Å². The number of hydrogen-bond acceptors (Lipinski definition) is 15. The van der Waals surface area contributed by atoms with Crippen LogP contribution in [-0.4, -0.2) is 161 Å². The molecule has 0 fully saturated rings. The first-order chi connectivity index (χ1) is 19.8. The quantitative estimate of drug-likeness (QED) is 0.0390. The van der Waals surface area contributed by atoms with E-state index in [2.05, 4.69) is 47.4 Å². The van der Waals surface area contributed by atoms with Gasteiger partial charge in [0.25, 0.3) is 0 Å². The minimum absolute atomic E-state index is 0. The SMILES string of the molecule is [CH2-]OCC(O)CCOCCOCCOCCC(O)CO[CH2-].[CH2-]OCC(O)COCCO.[CH2-]OCC(O)COCCO.[Rf].[Rf]. The van der Waals surface area contributed by atoms with Gasteiger partial charge in [0.2, 0.25) is 0 Å². The molecule has 256 valence electrons. The van der Waals surface area contributed by atoms with Gasteiger partial charge in [-0.05, 0) is 12.8 Å². The Kier molecular flexibility index (Phi) is 51.0. The van der Waals surface area contributed by atoms with Gasteiger partial charge >= 0.3 is 0 Å². The Morgan fingerprint density at radius 1 is 0.372 bits per heavy atom. The zero-order valence-electron chi connectivity index (χ0n) is 25.6. The van der Waals surface area contributed by atoms with Crippen LogP contribution < -0.4 is 0 Å². The second-order valence-electron chi connectivity index (χ2n) is 8.11. The van der Waals surface area contributed by atoms with Crippen molar-refractivity contribution in [1.82, 2.24) is 0 Å². The number of rotatable bonds is 28. The summed E-state index contributed by atoms with van der Waals surface area (Å²) in [5.41, 5.74) is 0. The van der Waals surface area contributed by atoms with Crippen LogP contribution in [0.2, 0.25) is 0 Å². The molecule has 0 radical (unpaired) electrons. The summed E-state index contributed by atoms with van der Waals surface area (Å²) in [5.74, 6) is 0. The van der Waals surface area contributed by atoms with Gasteiger partial charge in [-0.15, -0.1) is 0 Å². The first-order valence-corrected chi connectivity index (χ1v) is 13.1. The summed E-state index contributed by atoms with van der Waals surface area (Å²) < 4.78 is 43.3. The van der Waals surface area contributed by atoms with E-state index >= 15 is 0 Å². The normalized spacial score (nSPS) is 13.3. The molecule has 0 spiro atoms. The molecule has 6 N–H and O–H groups in total. The van der Waals surface area contributed by atoms with Gasteiger partial charge in [0.05, 0.1) is 90.5 Å². The third-order valence-electron chi connectivity index (χ3n) is 4.27. The second kappa shape index (κ2) is 43.8. The van der Waals surface area contributed by atoms with E-state index in [1.165, 1.54) is 0 Å². The molecular formula is C26H54O15Rf2-4. The summed E-state index contributed by atoms with van der Waals surface area (Å²) in [7, 11) is 12.6. The summed E-state index contributed by atoms with van der Waals surface area (Å²) in [6.07, 6.45) is -1.36. The molecule has 0 aliphatic rings. The van der Waals surface area contributed by atoms with Gasteiger partial charge in [-0.2, -0.15) is 0 Å². The number of aliphatic hydroxyl groups is 6. The van der Waals surface area contributed by atoms with Crippen molar-refractivity contribution >= 4 is 0 Å². The van der Waals surface area contributed by atoms with Crippen LogP contribution in [0.4, 0.5) is 0 Å². The third-order valence-corrected chi connectivity index (χ3v) is 4.27. The van der Waals surface area contributed by atoms with Gasteiger partial charge in [0.1, 0.15) is 0 Å². The van der Waals surface area contributed by atoms with Crippen molar-refractivity contribution in [1.29, 1.82) is 0 Å². The smallest absolute Gasteiger partial charge is 0.0976 e. The van der Waals surface area contributed by atoms with E-state index in [0.29, 0.717) is 52.5 Å². The number of hydrogen-bond donors (Lipinski definition) is 6. The van der Waals surface area contributed by atoms with Crippen molar-refractivity contribution < 1.29 is 73.3 Å². The zero-order chi connectivity index (χ0) is 31.4. The molecule has 0 saturated heterocycles. The summed E-state index contributed by atoms with van der Waals surface area (Å²) >= 11 is 0. The Morgan fingerprint density at radius 3 is 0.930 bits per heavy atom. The van der Waals surface area contributed by atoms with Crippen LogP contribution in [0.3, 0.4) is 0 Å². The summed E-state index contributed by atoms with van der Waals surface area (Å²) in [5, 5.41) is 53.0. The third kappa shape index (κ3) is 49.4. The Hall–Kier alpha value is -2.60. The molecule has 0 heterocycles. The molecule has 43 heavy (non-hydrogen) atoms. The van der Waals surface area contributed by atoms with Gasteiger partial charge in [-0.3, -0.25) is 0 Å². The fourth-order valence-electron chi connectivity index (χ4n) is 2.36. The number of aliphatic hydroxyl groups excluding tert-OH is 6. The maximum Gasteiger partial charge on any atom is 0.0976 e. The van der Waals surface area contributed by atoms with Gasteiger partial charge in [0, 0.05) is 39.6 Å². The predicted molar refractivity (Wildman–Crippen MR) is 147 cm³/mol. The minimum Gasteiger partial charge on any atom is -0.553 e. The van der Waals surface area contributed by atoms with Crippen molar-refractivity contribution in [2.24, 2.45) is 0 Å². The van der Waals surface area contributed by atoms with Gasteiger partial charge in [-0.25, -0.2) is 28.4 Å². The molecule has 15 nitrogen and oxygen atoms in total. The van der Waals surface area contributed by atoms with Crippen molar-refractivity contribution in [3.63, 3.8) is 0 Å².